The van der Waals surface area contributed by atoms with Gasteiger partial charge in [0, 0.05) is 16.9 Å². The molecule has 0 bridgehead atoms. The van der Waals surface area contributed by atoms with E-state index in [0.29, 0.717) is 6.42 Å². The summed E-state index contributed by atoms with van der Waals surface area (Å²) >= 11 is 2.06. The number of hydrogen-bond donors (Lipinski definition) is 2. The van der Waals surface area contributed by atoms with Crippen molar-refractivity contribution in [2.45, 2.75) is 19.4 Å². The number of benzene rings is 1. The molecule has 0 saturated heterocycles. The van der Waals surface area contributed by atoms with Gasteiger partial charge in [0.25, 0.3) is 0 Å². The lowest BCUT2D eigenvalue weighted by Gasteiger charge is -2.16. The van der Waals surface area contributed by atoms with Gasteiger partial charge in [-0.25, -0.2) is 4.79 Å². The number of phenols is 1. The van der Waals surface area contributed by atoms with E-state index in [0.717, 1.165) is 9.13 Å². The van der Waals surface area contributed by atoms with Gasteiger partial charge in [0.1, 0.15) is 11.8 Å². The van der Waals surface area contributed by atoms with Gasteiger partial charge in [-0.1, -0.05) is 6.07 Å². The second kappa shape index (κ2) is 6.58. The van der Waals surface area contributed by atoms with Gasteiger partial charge >= 0.3 is 5.97 Å². The maximum absolute atomic E-state index is 11.5. The molecule has 0 aromatic heterocycles. The number of carbonyl (C=O) groups is 2. The van der Waals surface area contributed by atoms with Gasteiger partial charge in [0.15, 0.2) is 0 Å². The standard InChI is InChI=1S/C12H14INO4/c1-7(15)14-11(12(17)18-2)5-8-3-4-9(16)6-10(8)13/h3-4,6,11,16H,5H2,1-2H3,(H,14,15)/t11-/m0/s1. The Bertz CT molecular complexity index is 461. The zero-order chi connectivity index (χ0) is 13.7. The zero-order valence-corrected chi connectivity index (χ0v) is 12.2. The molecule has 0 aliphatic carbocycles. The van der Waals surface area contributed by atoms with Gasteiger partial charge < -0.3 is 15.2 Å². The van der Waals surface area contributed by atoms with Crippen molar-refractivity contribution in [1.29, 1.82) is 0 Å². The van der Waals surface area contributed by atoms with Crippen LogP contribution in [0.15, 0.2) is 18.2 Å². The highest BCUT2D eigenvalue weighted by atomic mass is 127. The van der Waals surface area contributed by atoms with Crippen LogP contribution in [0.5, 0.6) is 5.75 Å². The summed E-state index contributed by atoms with van der Waals surface area (Å²) in [5.74, 6) is -0.620. The van der Waals surface area contributed by atoms with Crippen molar-refractivity contribution in [2.24, 2.45) is 0 Å². The number of methoxy groups -OCH3 is 1. The number of aromatic hydroxyl groups is 1. The number of halogens is 1. The normalized spacial score (nSPS) is 11.7. The summed E-state index contributed by atoms with van der Waals surface area (Å²) < 4.78 is 5.47. The second-order valence-electron chi connectivity index (χ2n) is 3.76. The number of esters is 1. The van der Waals surface area contributed by atoms with E-state index in [9.17, 15) is 14.7 Å². The van der Waals surface area contributed by atoms with Crippen molar-refractivity contribution in [3.63, 3.8) is 0 Å². The van der Waals surface area contributed by atoms with Crippen LogP contribution in [0.1, 0.15) is 12.5 Å². The molecule has 1 amide bonds. The average molecular weight is 363 g/mol. The van der Waals surface area contributed by atoms with Crippen LogP contribution in [-0.2, 0) is 20.7 Å². The number of phenolic OH excluding ortho intramolecular Hbond substituents is 1. The fraction of sp³-hybridized carbons (Fsp3) is 0.333. The summed E-state index contributed by atoms with van der Waals surface area (Å²) in [6.07, 6.45) is 0.324. The van der Waals surface area contributed by atoms with Crippen LogP contribution in [-0.4, -0.2) is 30.1 Å². The van der Waals surface area contributed by atoms with Gasteiger partial charge in [-0.15, -0.1) is 0 Å². The maximum Gasteiger partial charge on any atom is 0.328 e. The quantitative estimate of drug-likeness (QED) is 0.623. The van der Waals surface area contributed by atoms with Gasteiger partial charge in [0.05, 0.1) is 7.11 Å². The molecule has 5 nitrogen and oxygen atoms in total. The topological polar surface area (TPSA) is 75.6 Å². The largest absolute Gasteiger partial charge is 0.508 e. The Balaban J connectivity index is 2.88. The van der Waals surface area contributed by atoms with E-state index >= 15 is 0 Å². The predicted molar refractivity (Wildman–Crippen MR) is 74.1 cm³/mol. The summed E-state index contributed by atoms with van der Waals surface area (Å²) in [4.78, 5) is 22.6. The molecule has 0 aliphatic heterocycles. The fourth-order valence-electron chi connectivity index (χ4n) is 1.50. The smallest absolute Gasteiger partial charge is 0.328 e. The predicted octanol–water partition coefficient (Wildman–Crippen LogP) is 1.22. The minimum absolute atomic E-state index is 0.164. The van der Waals surface area contributed by atoms with E-state index in [-0.39, 0.29) is 11.7 Å². The number of hydrogen-bond acceptors (Lipinski definition) is 4. The van der Waals surface area contributed by atoms with Gasteiger partial charge in [-0.2, -0.15) is 0 Å². The lowest BCUT2D eigenvalue weighted by Crippen LogP contribution is -2.42. The number of carbonyl (C=O) groups excluding carboxylic acids is 2. The molecule has 2 N–H and O–H groups in total. The van der Waals surface area contributed by atoms with Crippen molar-refractivity contribution in [3.05, 3.63) is 27.3 Å². The highest BCUT2D eigenvalue weighted by Crippen LogP contribution is 2.20. The molecule has 98 valence electrons. The van der Waals surface area contributed by atoms with Gasteiger partial charge in [-0.3, -0.25) is 4.79 Å². The molecule has 1 rings (SSSR count). The highest BCUT2D eigenvalue weighted by molar-refractivity contribution is 14.1. The summed E-state index contributed by atoms with van der Waals surface area (Å²) in [5.41, 5.74) is 0.859. The van der Waals surface area contributed by atoms with Gasteiger partial charge in [-0.05, 0) is 40.3 Å². The van der Waals surface area contributed by atoms with Crippen LogP contribution in [0.3, 0.4) is 0 Å². The summed E-state index contributed by atoms with van der Waals surface area (Å²) in [5, 5.41) is 11.8. The third-order valence-electron chi connectivity index (χ3n) is 2.32. The molecule has 0 unspecified atom stereocenters. The van der Waals surface area contributed by atoms with Crippen molar-refractivity contribution in [2.75, 3.05) is 7.11 Å². The summed E-state index contributed by atoms with van der Waals surface area (Å²) in [6, 6.07) is 4.14. The highest BCUT2D eigenvalue weighted by Gasteiger charge is 2.21. The Kier molecular flexibility index (Phi) is 5.39. The monoisotopic (exact) mass is 363 g/mol. The molecule has 1 atom stereocenters. The third-order valence-corrected chi connectivity index (χ3v) is 3.33. The third kappa shape index (κ3) is 4.17. The number of amides is 1. The zero-order valence-electron chi connectivity index (χ0n) is 10.1. The SMILES string of the molecule is COC(=O)[C@H](Cc1ccc(O)cc1I)NC(C)=O. The van der Waals surface area contributed by atoms with Crippen LogP contribution in [0.4, 0.5) is 0 Å². The molecule has 1 aromatic carbocycles. The van der Waals surface area contributed by atoms with Crippen LogP contribution < -0.4 is 5.32 Å². The maximum atomic E-state index is 11.5. The van der Waals surface area contributed by atoms with Gasteiger partial charge in [0.2, 0.25) is 5.91 Å². The molecule has 0 fully saturated rings. The first-order valence-electron chi connectivity index (χ1n) is 5.26. The Labute approximate surface area is 119 Å². The lowest BCUT2D eigenvalue weighted by atomic mass is 10.1. The molecule has 0 aliphatic rings. The van der Waals surface area contributed by atoms with Crippen LogP contribution in [0, 0.1) is 3.57 Å². The van der Waals surface area contributed by atoms with E-state index in [1.54, 1.807) is 18.2 Å². The van der Waals surface area contributed by atoms with Crippen LogP contribution in [0.2, 0.25) is 0 Å². The van der Waals surface area contributed by atoms with E-state index in [2.05, 4.69) is 32.6 Å². The average Bonchev–Trinajstić information content (AvgIpc) is 2.30. The van der Waals surface area contributed by atoms with E-state index in [4.69, 9.17) is 0 Å². The Morgan fingerprint density at radius 3 is 2.67 bits per heavy atom. The molecule has 18 heavy (non-hydrogen) atoms. The van der Waals surface area contributed by atoms with Crippen molar-refractivity contribution in [1.82, 2.24) is 5.32 Å². The minimum Gasteiger partial charge on any atom is -0.508 e. The Hall–Kier alpha value is -1.31. The van der Waals surface area contributed by atoms with E-state index in [1.807, 2.05) is 0 Å². The molecular weight excluding hydrogens is 349 g/mol. The summed E-state index contributed by atoms with van der Waals surface area (Å²) in [6.45, 7) is 1.34. The molecular formula is C12H14INO4. The van der Waals surface area contributed by atoms with E-state index in [1.165, 1.54) is 14.0 Å². The Morgan fingerprint density at radius 1 is 1.50 bits per heavy atom. The first-order valence-corrected chi connectivity index (χ1v) is 6.34. The summed E-state index contributed by atoms with van der Waals surface area (Å²) in [7, 11) is 1.28. The molecule has 0 radical (unpaired) electrons. The minimum atomic E-state index is -0.717. The second-order valence-corrected chi connectivity index (χ2v) is 4.92. The number of ether oxygens (including phenoxy) is 1. The Morgan fingerprint density at radius 2 is 2.17 bits per heavy atom. The molecule has 0 saturated carbocycles. The van der Waals surface area contributed by atoms with Crippen LogP contribution >= 0.6 is 22.6 Å². The molecule has 0 heterocycles. The molecule has 1 aromatic rings. The van der Waals surface area contributed by atoms with Crippen molar-refractivity contribution in [3.8, 4) is 5.75 Å². The van der Waals surface area contributed by atoms with E-state index < -0.39 is 12.0 Å². The number of nitrogens with one attached hydrogen (secondary N) is 1. The molecule has 6 heteroatoms. The van der Waals surface area contributed by atoms with Crippen molar-refractivity contribution < 1.29 is 19.4 Å². The fourth-order valence-corrected chi connectivity index (χ4v) is 2.22. The van der Waals surface area contributed by atoms with Crippen LogP contribution in [0.25, 0.3) is 0 Å². The first kappa shape index (κ1) is 14.7. The first-order chi connectivity index (χ1) is 8.43. The van der Waals surface area contributed by atoms with Crippen molar-refractivity contribution >= 4 is 34.5 Å². The molecule has 0 spiro atoms. The lowest BCUT2D eigenvalue weighted by molar-refractivity contribution is -0.144. The number of rotatable bonds is 4.